The molecule has 176 valence electrons. The standard InChI is InChI=1S/C24H21FN2O6S/c1-4-33-24(31)18-13(2)19(21(29)26-17-11-6-5-10-16(17)23(30)32-3)34-22(18)27-20(28)14-8-7-9-15(25)12-14/h5-12H,4H2,1-3H3,(H,26,29)(H,27,28). The summed E-state index contributed by atoms with van der Waals surface area (Å²) in [5, 5.41) is 5.29. The van der Waals surface area contributed by atoms with Crippen LogP contribution in [0.5, 0.6) is 0 Å². The topological polar surface area (TPSA) is 111 Å². The third-order valence-electron chi connectivity index (χ3n) is 4.73. The van der Waals surface area contributed by atoms with Gasteiger partial charge in [0.05, 0.1) is 35.4 Å². The Balaban J connectivity index is 1.97. The van der Waals surface area contributed by atoms with E-state index in [9.17, 15) is 23.6 Å². The zero-order valence-corrected chi connectivity index (χ0v) is 19.4. The second-order valence-electron chi connectivity index (χ2n) is 6.94. The maximum absolute atomic E-state index is 13.5. The Morgan fingerprint density at radius 1 is 0.971 bits per heavy atom. The minimum atomic E-state index is -0.722. The Kier molecular flexibility index (Phi) is 7.75. The van der Waals surface area contributed by atoms with E-state index >= 15 is 0 Å². The third kappa shape index (κ3) is 5.29. The van der Waals surface area contributed by atoms with E-state index < -0.39 is 29.6 Å². The van der Waals surface area contributed by atoms with Gasteiger partial charge in [-0.05, 0) is 49.7 Å². The number of anilines is 2. The molecule has 0 bridgehead atoms. The normalized spacial score (nSPS) is 10.4. The lowest BCUT2D eigenvalue weighted by Crippen LogP contribution is -2.16. The fourth-order valence-corrected chi connectivity index (χ4v) is 4.22. The van der Waals surface area contributed by atoms with Gasteiger partial charge in [0.25, 0.3) is 11.8 Å². The first kappa shape index (κ1) is 24.6. The van der Waals surface area contributed by atoms with Gasteiger partial charge in [0.15, 0.2) is 0 Å². The molecule has 2 aromatic carbocycles. The van der Waals surface area contributed by atoms with Gasteiger partial charge in [0.2, 0.25) is 0 Å². The second kappa shape index (κ2) is 10.7. The fraction of sp³-hybridized carbons (Fsp3) is 0.167. The Hall–Kier alpha value is -4.05. The number of carbonyl (C=O) groups is 4. The number of methoxy groups -OCH3 is 1. The molecule has 34 heavy (non-hydrogen) atoms. The molecule has 1 aromatic heterocycles. The van der Waals surface area contributed by atoms with Crippen molar-refractivity contribution in [3.8, 4) is 0 Å². The van der Waals surface area contributed by atoms with Crippen molar-refractivity contribution in [1.29, 1.82) is 0 Å². The monoisotopic (exact) mass is 484 g/mol. The van der Waals surface area contributed by atoms with Crippen LogP contribution in [0, 0.1) is 12.7 Å². The molecule has 0 aliphatic rings. The minimum absolute atomic E-state index is 0.0167. The molecular weight excluding hydrogens is 463 g/mol. The lowest BCUT2D eigenvalue weighted by atomic mass is 10.1. The summed E-state index contributed by atoms with van der Waals surface area (Å²) in [7, 11) is 1.23. The molecule has 0 unspecified atom stereocenters. The van der Waals surface area contributed by atoms with E-state index in [-0.39, 0.29) is 44.4 Å². The number of para-hydroxylation sites is 1. The van der Waals surface area contributed by atoms with Gasteiger partial charge in [0, 0.05) is 5.56 Å². The maximum Gasteiger partial charge on any atom is 0.341 e. The van der Waals surface area contributed by atoms with Crippen molar-refractivity contribution in [1.82, 2.24) is 0 Å². The van der Waals surface area contributed by atoms with Crippen LogP contribution in [0.4, 0.5) is 15.1 Å². The van der Waals surface area contributed by atoms with Crippen LogP contribution >= 0.6 is 11.3 Å². The zero-order valence-electron chi connectivity index (χ0n) is 18.6. The summed E-state index contributed by atoms with van der Waals surface area (Å²) in [6.45, 7) is 3.25. The fourth-order valence-electron chi connectivity index (χ4n) is 3.13. The number of nitrogens with one attached hydrogen (secondary N) is 2. The number of esters is 2. The highest BCUT2D eigenvalue weighted by Crippen LogP contribution is 2.35. The van der Waals surface area contributed by atoms with E-state index in [2.05, 4.69) is 10.6 Å². The van der Waals surface area contributed by atoms with E-state index in [1.165, 1.54) is 37.4 Å². The summed E-state index contributed by atoms with van der Waals surface area (Å²) in [6.07, 6.45) is 0. The van der Waals surface area contributed by atoms with Crippen LogP contribution in [0.15, 0.2) is 48.5 Å². The lowest BCUT2D eigenvalue weighted by Gasteiger charge is -2.09. The van der Waals surface area contributed by atoms with Crippen molar-refractivity contribution in [2.24, 2.45) is 0 Å². The highest BCUT2D eigenvalue weighted by Gasteiger charge is 2.27. The molecule has 0 saturated carbocycles. The van der Waals surface area contributed by atoms with Crippen molar-refractivity contribution < 1.29 is 33.0 Å². The number of benzene rings is 2. The van der Waals surface area contributed by atoms with E-state index in [4.69, 9.17) is 9.47 Å². The van der Waals surface area contributed by atoms with Crippen LogP contribution in [0.1, 0.15) is 53.2 Å². The second-order valence-corrected chi connectivity index (χ2v) is 7.96. The van der Waals surface area contributed by atoms with E-state index in [1.54, 1.807) is 26.0 Å². The number of hydrogen-bond acceptors (Lipinski definition) is 7. The van der Waals surface area contributed by atoms with Gasteiger partial charge < -0.3 is 20.1 Å². The molecule has 0 aliphatic heterocycles. The third-order valence-corrected chi connectivity index (χ3v) is 5.93. The molecule has 0 radical (unpaired) electrons. The van der Waals surface area contributed by atoms with Crippen molar-refractivity contribution in [3.05, 3.63) is 81.5 Å². The Morgan fingerprint density at radius 2 is 1.71 bits per heavy atom. The zero-order chi connectivity index (χ0) is 24.8. The molecule has 8 nitrogen and oxygen atoms in total. The van der Waals surface area contributed by atoms with Gasteiger partial charge in [-0.3, -0.25) is 9.59 Å². The number of ether oxygens (including phenoxy) is 2. The maximum atomic E-state index is 13.5. The molecule has 3 aromatic rings. The average molecular weight is 485 g/mol. The SMILES string of the molecule is CCOC(=O)c1c(NC(=O)c2cccc(F)c2)sc(C(=O)Nc2ccccc2C(=O)OC)c1C. The van der Waals surface area contributed by atoms with Gasteiger partial charge >= 0.3 is 11.9 Å². The summed E-state index contributed by atoms with van der Waals surface area (Å²) in [5.41, 5.74) is 0.709. The summed E-state index contributed by atoms with van der Waals surface area (Å²) >= 11 is 0.860. The molecule has 0 fully saturated rings. The first-order valence-electron chi connectivity index (χ1n) is 10.1. The van der Waals surface area contributed by atoms with Crippen molar-refractivity contribution in [2.45, 2.75) is 13.8 Å². The van der Waals surface area contributed by atoms with Crippen molar-refractivity contribution in [2.75, 3.05) is 24.4 Å². The summed E-state index contributed by atoms with van der Waals surface area (Å²) in [5.74, 6) is -3.20. The molecular formula is C24H21FN2O6S. The van der Waals surface area contributed by atoms with Crippen molar-refractivity contribution in [3.63, 3.8) is 0 Å². The Labute approximate surface area is 198 Å². The predicted octanol–water partition coefficient (Wildman–Crippen LogP) is 4.66. The van der Waals surface area contributed by atoms with Crippen LogP contribution in [-0.2, 0) is 9.47 Å². The van der Waals surface area contributed by atoms with Gasteiger partial charge in [0.1, 0.15) is 10.8 Å². The number of halogens is 1. The Bertz CT molecular complexity index is 1270. The summed E-state index contributed by atoms with van der Waals surface area (Å²) in [4.78, 5) is 50.5. The van der Waals surface area contributed by atoms with E-state index in [1.807, 2.05) is 0 Å². The van der Waals surface area contributed by atoms with Gasteiger partial charge in [-0.2, -0.15) is 0 Å². The molecule has 3 rings (SSSR count). The van der Waals surface area contributed by atoms with Crippen LogP contribution in [0.25, 0.3) is 0 Å². The molecule has 2 amide bonds. The summed E-state index contributed by atoms with van der Waals surface area (Å²) in [6, 6.07) is 11.3. The quantitative estimate of drug-likeness (QED) is 0.472. The lowest BCUT2D eigenvalue weighted by molar-refractivity contribution is 0.0526. The van der Waals surface area contributed by atoms with Gasteiger partial charge in [-0.1, -0.05) is 18.2 Å². The number of thiophene rings is 1. The Morgan fingerprint density at radius 3 is 2.38 bits per heavy atom. The average Bonchev–Trinajstić information content (AvgIpc) is 3.14. The molecule has 10 heteroatoms. The molecule has 0 atom stereocenters. The van der Waals surface area contributed by atoms with Crippen LogP contribution in [0.3, 0.4) is 0 Å². The molecule has 2 N–H and O–H groups in total. The molecule has 0 spiro atoms. The number of amides is 2. The predicted molar refractivity (Wildman–Crippen MR) is 125 cm³/mol. The molecule has 1 heterocycles. The molecule has 0 aliphatic carbocycles. The van der Waals surface area contributed by atoms with Crippen LogP contribution in [-0.4, -0.2) is 37.5 Å². The number of rotatable bonds is 7. The van der Waals surface area contributed by atoms with E-state index in [0.29, 0.717) is 0 Å². The molecule has 0 saturated heterocycles. The first-order chi connectivity index (χ1) is 16.3. The van der Waals surface area contributed by atoms with Gasteiger partial charge in [-0.25, -0.2) is 14.0 Å². The minimum Gasteiger partial charge on any atom is -0.465 e. The van der Waals surface area contributed by atoms with Crippen LogP contribution < -0.4 is 10.6 Å². The smallest absolute Gasteiger partial charge is 0.341 e. The van der Waals surface area contributed by atoms with Crippen LogP contribution in [0.2, 0.25) is 0 Å². The number of hydrogen-bond donors (Lipinski definition) is 2. The number of carbonyl (C=O) groups excluding carboxylic acids is 4. The largest absolute Gasteiger partial charge is 0.465 e. The van der Waals surface area contributed by atoms with E-state index in [0.717, 1.165) is 17.4 Å². The van der Waals surface area contributed by atoms with Gasteiger partial charge in [-0.15, -0.1) is 11.3 Å². The van der Waals surface area contributed by atoms with Crippen molar-refractivity contribution >= 4 is 45.8 Å². The highest BCUT2D eigenvalue weighted by molar-refractivity contribution is 7.19. The highest BCUT2D eigenvalue weighted by atomic mass is 32.1. The summed E-state index contributed by atoms with van der Waals surface area (Å²) < 4.78 is 23.4. The first-order valence-corrected chi connectivity index (χ1v) is 10.9.